The molecule has 0 aliphatic carbocycles. The summed E-state index contributed by atoms with van der Waals surface area (Å²) < 4.78 is 0. The molecule has 7 heteroatoms. The van der Waals surface area contributed by atoms with Crippen molar-refractivity contribution in [2.24, 2.45) is 0 Å². The van der Waals surface area contributed by atoms with Gasteiger partial charge in [-0.2, -0.15) is 9.97 Å². The van der Waals surface area contributed by atoms with Gasteiger partial charge in [-0.3, -0.25) is 0 Å². The summed E-state index contributed by atoms with van der Waals surface area (Å²) in [5.41, 5.74) is 2.03. The lowest BCUT2D eigenvalue weighted by Gasteiger charge is -2.08. The summed E-state index contributed by atoms with van der Waals surface area (Å²) in [6.45, 7) is 0.605. The normalized spacial score (nSPS) is 10.7. The molecule has 0 aliphatic heterocycles. The van der Waals surface area contributed by atoms with E-state index in [1.165, 1.54) is 6.20 Å². The second-order valence-corrected chi connectivity index (χ2v) is 4.77. The maximum absolute atomic E-state index is 5.88. The Kier molecular flexibility index (Phi) is 3.62. The van der Waals surface area contributed by atoms with E-state index in [0.29, 0.717) is 23.5 Å². The SMILES string of the molecule is Clc1cnc2c(NCc3ccccc3)nc(Cl)nc2n1. The van der Waals surface area contributed by atoms with Gasteiger partial charge in [0.2, 0.25) is 5.28 Å². The molecule has 1 aromatic carbocycles. The molecule has 2 heterocycles. The summed E-state index contributed by atoms with van der Waals surface area (Å²) in [7, 11) is 0. The van der Waals surface area contributed by atoms with Crippen molar-refractivity contribution in [3.8, 4) is 0 Å². The van der Waals surface area contributed by atoms with Gasteiger partial charge in [0, 0.05) is 6.54 Å². The highest BCUT2D eigenvalue weighted by Crippen LogP contribution is 2.20. The van der Waals surface area contributed by atoms with Crippen LogP contribution in [0.1, 0.15) is 5.56 Å². The van der Waals surface area contributed by atoms with E-state index in [2.05, 4.69) is 25.3 Å². The first-order valence-corrected chi connectivity index (χ1v) is 6.61. The van der Waals surface area contributed by atoms with E-state index in [0.717, 1.165) is 5.56 Å². The van der Waals surface area contributed by atoms with Crippen LogP contribution in [-0.4, -0.2) is 19.9 Å². The van der Waals surface area contributed by atoms with E-state index in [1.807, 2.05) is 30.3 Å². The van der Waals surface area contributed by atoms with Crippen LogP contribution in [0.25, 0.3) is 11.2 Å². The fraction of sp³-hybridized carbons (Fsp3) is 0.0769. The Morgan fingerprint density at radius 2 is 1.80 bits per heavy atom. The molecule has 0 bridgehead atoms. The van der Waals surface area contributed by atoms with Gasteiger partial charge in [-0.05, 0) is 17.2 Å². The minimum atomic E-state index is 0.102. The topological polar surface area (TPSA) is 63.6 Å². The molecule has 100 valence electrons. The number of hydrogen-bond acceptors (Lipinski definition) is 5. The van der Waals surface area contributed by atoms with Gasteiger partial charge >= 0.3 is 0 Å². The van der Waals surface area contributed by atoms with Crippen LogP contribution in [0.2, 0.25) is 10.4 Å². The molecule has 5 nitrogen and oxygen atoms in total. The van der Waals surface area contributed by atoms with Crippen molar-refractivity contribution in [3.05, 3.63) is 52.5 Å². The van der Waals surface area contributed by atoms with Gasteiger partial charge < -0.3 is 5.32 Å². The zero-order chi connectivity index (χ0) is 13.9. The fourth-order valence-corrected chi connectivity index (χ4v) is 2.06. The van der Waals surface area contributed by atoms with Crippen LogP contribution in [0.4, 0.5) is 5.82 Å². The Labute approximate surface area is 125 Å². The number of fused-ring (bicyclic) bond motifs is 1. The van der Waals surface area contributed by atoms with E-state index >= 15 is 0 Å². The van der Waals surface area contributed by atoms with E-state index in [4.69, 9.17) is 23.2 Å². The van der Waals surface area contributed by atoms with Gasteiger partial charge in [-0.15, -0.1) is 0 Å². The molecule has 0 unspecified atom stereocenters. The zero-order valence-corrected chi connectivity index (χ0v) is 11.7. The smallest absolute Gasteiger partial charge is 0.226 e. The van der Waals surface area contributed by atoms with Gasteiger partial charge in [-0.1, -0.05) is 41.9 Å². The summed E-state index contributed by atoms with van der Waals surface area (Å²) in [5.74, 6) is 0.535. The van der Waals surface area contributed by atoms with Crippen LogP contribution < -0.4 is 5.32 Å². The number of nitrogens with one attached hydrogen (secondary N) is 1. The quantitative estimate of drug-likeness (QED) is 0.752. The maximum atomic E-state index is 5.88. The first-order chi connectivity index (χ1) is 9.72. The third-order valence-corrected chi connectivity index (χ3v) is 3.01. The Hall–Kier alpha value is -1.98. The number of aromatic nitrogens is 4. The number of halogens is 2. The molecule has 1 N–H and O–H groups in total. The fourth-order valence-electron chi connectivity index (χ4n) is 1.77. The number of nitrogens with zero attached hydrogens (tertiary/aromatic N) is 4. The van der Waals surface area contributed by atoms with Crippen molar-refractivity contribution in [1.82, 2.24) is 19.9 Å². The van der Waals surface area contributed by atoms with Crippen LogP contribution in [0.15, 0.2) is 36.5 Å². The van der Waals surface area contributed by atoms with Crippen molar-refractivity contribution < 1.29 is 0 Å². The number of anilines is 1. The van der Waals surface area contributed by atoms with Crippen LogP contribution in [0.3, 0.4) is 0 Å². The predicted molar refractivity (Wildman–Crippen MR) is 78.9 cm³/mol. The number of rotatable bonds is 3. The molecule has 0 radical (unpaired) electrons. The molecule has 0 amide bonds. The van der Waals surface area contributed by atoms with Crippen LogP contribution >= 0.6 is 23.2 Å². The lowest BCUT2D eigenvalue weighted by atomic mass is 10.2. The first-order valence-electron chi connectivity index (χ1n) is 5.86. The summed E-state index contributed by atoms with van der Waals surface area (Å²) in [6.07, 6.45) is 1.45. The molecular formula is C13H9Cl2N5. The molecule has 2 aromatic heterocycles. The first kappa shape index (κ1) is 13.0. The summed E-state index contributed by atoms with van der Waals surface area (Å²) in [5, 5.41) is 3.55. The maximum Gasteiger partial charge on any atom is 0.226 e. The van der Waals surface area contributed by atoms with Crippen LogP contribution in [0, 0.1) is 0 Å². The van der Waals surface area contributed by atoms with Crippen molar-refractivity contribution in [2.75, 3.05) is 5.32 Å². The van der Waals surface area contributed by atoms with Crippen molar-refractivity contribution in [1.29, 1.82) is 0 Å². The highest BCUT2D eigenvalue weighted by atomic mass is 35.5. The lowest BCUT2D eigenvalue weighted by Crippen LogP contribution is -2.04. The standard InChI is InChI=1S/C13H9Cl2N5/c14-9-7-16-10-11(19-13(15)20-12(10)18-9)17-6-8-4-2-1-3-5-8/h1-5,7H,6H2,(H,17,18,19,20). The Balaban J connectivity index is 1.94. The number of benzene rings is 1. The molecule has 3 aromatic rings. The Morgan fingerprint density at radius 3 is 2.60 bits per heavy atom. The lowest BCUT2D eigenvalue weighted by molar-refractivity contribution is 1.08. The average molecular weight is 306 g/mol. The van der Waals surface area contributed by atoms with Crippen LogP contribution in [-0.2, 0) is 6.54 Å². The molecule has 0 saturated heterocycles. The second kappa shape index (κ2) is 5.56. The zero-order valence-electron chi connectivity index (χ0n) is 10.2. The van der Waals surface area contributed by atoms with Crippen molar-refractivity contribution in [2.45, 2.75) is 6.54 Å². The monoisotopic (exact) mass is 305 g/mol. The highest BCUT2D eigenvalue weighted by Gasteiger charge is 2.09. The van der Waals surface area contributed by atoms with Gasteiger partial charge in [-0.25, -0.2) is 9.97 Å². The van der Waals surface area contributed by atoms with E-state index in [-0.39, 0.29) is 10.4 Å². The molecule has 0 atom stereocenters. The largest absolute Gasteiger partial charge is 0.364 e. The van der Waals surface area contributed by atoms with E-state index in [1.54, 1.807) is 0 Å². The molecule has 3 rings (SSSR count). The second-order valence-electron chi connectivity index (χ2n) is 4.05. The van der Waals surface area contributed by atoms with Gasteiger partial charge in [0.1, 0.15) is 5.15 Å². The summed E-state index contributed by atoms with van der Waals surface area (Å²) in [4.78, 5) is 16.4. The van der Waals surface area contributed by atoms with E-state index < -0.39 is 0 Å². The van der Waals surface area contributed by atoms with Gasteiger partial charge in [0.05, 0.1) is 6.20 Å². The van der Waals surface area contributed by atoms with Crippen molar-refractivity contribution in [3.63, 3.8) is 0 Å². The Morgan fingerprint density at radius 1 is 1.00 bits per heavy atom. The molecule has 0 spiro atoms. The van der Waals surface area contributed by atoms with Crippen LogP contribution in [0.5, 0.6) is 0 Å². The molecule has 0 aliphatic rings. The molecule has 0 saturated carbocycles. The summed E-state index contributed by atoms with van der Waals surface area (Å²) >= 11 is 11.7. The average Bonchev–Trinajstić information content (AvgIpc) is 2.45. The number of hydrogen-bond donors (Lipinski definition) is 1. The van der Waals surface area contributed by atoms with Gasteiger partial charge in [0.25, 0.3) is 0 Å². The third-order valence-electron chi connectivity index (χ3n) is 2.65. The minimum absolute atomic E-state index is 0.102. The molecule has 20 heavy (non-hydrogen) atoms. The third kappa shape index (κ3) is 2.79. The van der Waals surface area contributed by atoms with Gasteiger partial charge in [0.15, 0.2) is 17.0 Å². The molecular weight excluding hydrogens is 297 g/mol. The molecule has 0 fully saturated rings. The summed E-state index contributed by atoms with van der Waals surface area (Å²) in [6, 6.07) is 9.94. The highest BCUT2D eigenvalue weighted by molar-refractivity contribution is 6.30. The predicted octanol–water partition coefficient (Wildman–Crippen LogP) is 3.34. The van der Waals surface area contributed by atoms with E-state index in [9.17, 15) is 0 Å². The van der Waals surface area contributed by atoms with Crippen molar-refractivity contribution >= 4 is 40.2 Å². The Bertz CT molecular complexity index is 743. The minimum Gasteiger partial charge on any atom is -0.364 e.